The first-order valence-corrected chi connectivity index (χ1v) is 11.0. The summed E-state index contributed by atoms with van der Waals surface area (Å²) in [6.07, 6.45) is 7.86. The molecule has 2 aromatic rings. The molecule has 5 heteroatoms. The maximum absolute atomic E-state index is 6.25. The van der Waals surface area contributed by atoms with Gasteiger partial charge in [0.25, 0.3) is 0 Å². The Kier molecular flexibility index (Phi) is 7.49. The number of halogens is 1. The normalized spacial score (nSPS) is 19.7. The molecule has 0 aliphatic heterocycles. The van der Waals surface area contributed by atoms with E-state index in [0.29, 0.717) is 5.88 Å². The fourth-order valence-electron chi connectivity index (χ4n) is 3.56. The minimum Gasteiger partial charge on any atom is -0.474 e. The van der Waals surface area contributed by atoms with Crippen LogP contribution in [0, 0.1) is 12.8 Å². The number of aliphatic imine (C=N–C) groups is 1. The van der Waals surface area contributed by atoms with Gasteiger partial charge in [-0.3, -0.25) is 0 Å². The first kappa shape index (κ1) is 20.8. The van der Waals surface area contributed by atoms with Crippen LogP contribution >= 0.6 is 15.9 Å². The monoisotopic (exact) mass is 443 g/mol. The van der Waals surface area contributed by atoms with E-state index in [4.69, 9.17) is 4.74 Å². The number of ether oxygens (including phenoxy) is 1. The summed E-state index contributed by atoms with van der Waals surface area (Å²) in [5.74, 6) is 1.44. The lowest BCUT2D eigenvalue weighted by atomic mass is 9.83. The maximum Gasteiger partial charge on any atom is 0.228 e. The van der Waals surface area contributed by atoms with Crippen LogP contribution in [-0.4, -0.2) is 35.9 Å². The predicted octanol–water partition coefficient (Wildman–Crippen LogP) is 5.94. The predicted molar refractivity (Wildman–Crippen MR) is 120 cm³/mol. The first-order chi connectivity index (χ1) is 13.5. The van der Waals surface area contributed by atoms with Crippen LogP contribution < -0.4 is 4.74 Å². The van der Waals surface area contributed by atoms with Gasteiger partial charge >= 0.3 is 0 Å². The molecule has 1 aromatic carbocycles. The molecule has 0 atom stereocenters. The van der Waals surface area contributed by atoms with Gasteiger partial charge in [0.2, 0.25) is 5.88 Å². The summed E-state index contributed by atoms with van der Waals surface area (Å²) in [6, 6.07) is 12.8. The average Bonchev–Trinajstić information content (AvgIpc) is 2.71. The molecular weight excluding hydrogens is 414 g/mol. The van der Waals surface area contributed by atoms with E-state index < -0.39 is 0 Å². The molecule has 0 bridgehead atoms. The number of benzene rings is 1. The molecule has 3 rings (SSSR count). The van der Waals surface area contributed by atoms with Crippen molar-refractivity contribution in [2.24, 2.45) is 10.9 Å². The van der Waals surface area contributed by atoms with Crippen molar-refractivity contribution >= 4 is 28.0 Å². The Labute approximate surface area is 177 Å². The van der Waals surface area contributed by atoms with Crippen LogP contribution in [0.3, 0.4) is 0 Å². The number of aromatic nitrogens is 1. The Morgan fingerprint density at radius 1 is 1.21 bits per heavy atom. The van der Waals surface area contributed by atoms with Crippen LogP contribution in [0.25, 0.3) is 0 Å². The molecule has 1 fully saturated rings. The van der Waals surface area contributed by atoms with E-state index in [2.05, 4.69) is 63.2 Å². The fourth-order valence-corrected chi connectivity index (χ4v) is 3.96. The molecule has 1 heterocycles. The summed E-state index contributed by atoms with van der Waals surface area (Å²) in [4.78, 5) is 11.2. The van der Waals surface area contributed by atoms with Gasteiger partial charge in [-0.25, -0.2) is 9.98 Å². The highest BCUT2D eigenvalue weighted by Gasteiger charge is 2.24. The lowest BCUT2D eigenvalue weighted by Gasteiger charge is -2.29. The second-order valence-corrected chi connectivity index (χ2v) is 8.50. The Morgan fingerprint density at radius 3 is 2.61 bits per heavy atom. The maximum atomic E-state index is 6.25. The molecule has 1 aromatic heterocycles. The highest BCUT2D eigenvalue weighted by atomic mass is 79.9. The largest absolute Gasteiger partial charge is 0.474 e. The van der Waals surface area contributed by atoms with Crippen molar-refractivity contribution in [3.63, 3.8) is 0 Å². The van der Waals surface area contributed by atoms with Gasteiger partial charge in [0, 0.05) is 13.6 Å². The summed E-state index contributed by atoms with van der Waals surface area (Å²) >= 11 is 3.61. The van der Waals surface area contributed by atoms with Gasteiger partial charge < -0.3 is 9.64 Å². The summed E-state index contributed by atoms with van der Waals surface area (Å²) in [5.41, 5.74) is 3.19. The van der Waals surface area contributed by atoms with Gasteiger partial charge in [-0.1, -0.05) is 30.3 Å². The molecule has 1 aliphatic carbocycles. The summed E-state index contributed by atoms with van der Waals surface area (Å²) in [7, 11) is 2.01. The van der Waals surface area contributed by atoms with Crippen LogP contribution in [-0.2, 0) is 6.42 Å². The van der Waals surface area contributed by atoms with Gasteiger partial charge in [-0.05, 0) is 79.4 Å². The molecule has 28 heavy (non-hydrogen) atoms. The number of nitrogens with zero attached hydrogens (tertiary/aromatic N) is 3. The van der Waals surface area contributed by atoms with Crippen molar-refractivity contribution in [3.05, 3.63) is 52.1 Å². The molecule has 0 unspecified atom stereocenters. The Morgan fingerprint density at radius 2 is 1.93 bits per heavy atom. The minimum atomic E-state index is 0.246. The van der Waals surface area contributed by atoms with E-state index in [-0.39, 0.29) is 6.10 Å². The molecule has 0 N–H and O–H groups in total. The zero-order valence-corrected chi connectivity index (χ0v) is 18.7. The molecule has 4 nitrogen and oxygen atoms in total. The minimum absolute atomic E-state index is 0.246. The van der Waals surface area contributed by atoms with Gasteiger partial charge in [0.15, 0.2) is 0 Å². The number of pyridine rings is 1. The van der Waals surface area contributed by atoms with Crippen LogP contribution in [0.1, 0.15) is 43.9 Å². The van der Waals surface area contributed by atoms with Crippen molar-refractivity contribution in [2.75, 3.05) is 13.6 Å². The molecular formula is C23H30BrN3O. The van der Waals surface area contributed by atoms with E-state index in [9.17, 15) is 0 Å². The zero-order valence-electron chi connectivity index (χ0n) is 17.1. The quantitative estimate of drug-likeness (QED) is 0.392. The van der Waals surface area contributed by atoms with Crippen molar-refractivity contribution in [3.8, 4) is 5.88 Å². The average molecular weight is 444 g/mol. The van der Waals surface area contributed by atoms with E-state index in [1.807, 2.05) is 31.3 Å². The van der Waals surface area contributed by atoms with Crippen molar-refractivity contribution < 1.29 is 4.74 Å². The Hall–Kier alpha value is -1.88. The zero-order chi connectivity index (χ0) is 19.9. The van der Waals surface area contributed by atoms with Crippen molar-refractivity contribution in [2.45, 2.75) is 52.1 Å². The van der Waals surface area contributed by atoms with Gasteiger partial charge in [0.1, 0.15) is 6.10 Å². The molecule has 0 spiro atoms. The molecule has 150 valence electrons. The van der Waals surface area contributed by atoms with E-state index >= 15 is 0 Å². The van der Waals surface area contributed by atoms with Gasteiger partial charge in [0.05, 0.1) is 22.2 Å². The van der Waals surface area contributed by atoms with E-state index in [1.54, 1.807) is 0 Å². The molecule has 0 amide bonds. The van der Waals surface area contributed by atoms with Crippen LogP contribution in [0.15, 0.2) is 45.9 Å². The standard InChI is InChI=1S/C23H30BrN3O/c1-4-27(3)16-25-22-15-21(24)23(26-17(22)2)28-20-12-10-19(11-13-20)14-18-8-6-5-7-9-18/h5-9,15-16,19-20H,4,10-14H2,1-3H3/b25-16+. The SMILES string of the molecule is CCN(C)/C=N/c1cc(Br)c(OC2CCC(Cc3ccccc3)CC2)nc1C. The summed E-state index contributed by atoms with van der Waals surface area (Å²) in [5, 5.41) is 0. The lowest BCUT2D eigenvalue weighted by molar-refractivity contribution is 0.125. The topological polar surface area (TPSA) is 37.7 Å². The third kappa shape index (κ3) is 5.81. The summed E-state index contributed by atoms with van der Waals surface area (Å²) in [6.45, 7) is 5.00. The number of aryl methyl sites for hydroxylation is 1. The fraction of sp³-hybridized carbons (Fsp3) is 0.478. The molecule has 0 radical (unpaired) electrons. The molecule has 0 saturated heterocycles. The Balaban J connectivity index is 1.56. The van der Waals surface area contributed by atoms with E-state index in [1.165, 1.54) is 24.8 Å². The second-order valence-electron chi connectivity index (χ2n) is 7.65. The Bertz CT molecular complexity index is 786. The molecule has 1 saturated carbocycles. The highest BCUT2D eigenvalue weighted by molar-refractivity contribution is 9.10. The number of hydrogen-bond acceptors (Lipinski definition) is 3. The van der Waals surface area contributed by atoms with Crippen LogP contribution in [0.5, 0.6) is 5.88 Å². The lowest BCUT2D eigenvalue weighted by Crippen LogP contribution is -2.25. The first-order valence-electron chi connectivity index (χ1n) is 10.2. The molecule has 1 aliphatic rings. The van der Waals surface area contributed by atoms with Gasteiger partial charge in [-0.15, -0.1) is 0 Å². The third-order valence-corrected chi connectivity index (χ3v) is 6.01. The van der Waals surface area contributed by atoms with E-state index in [0.717, 1.165) is 41.2 Å². The smallest absolute Gasteiger partial charge is 0.228 e. The van der Waals surface area contributed by atoms with Gasteiger partial charge in [-0.2, -0.15) is 0 Å². The highest BCUT2D eigenvalue weighted by Crippen LogP contribution is 2.34. The van der Waals surface area contributed by atoms with Crippen molar-refractivity contribution in [1.29, 1.82) is 0 Å². The second kappa shape index (κ2) is 10.1. The third-order valence-electron chi connectivity index (χ3n) is 5.44. The van der Waals surface area contributed by atoms with Crippen LogP contribution in [0.2, 0.25) is 0 Å². The summed E-state index contributed by atoms with van der Waals surface area (Å²) < 4.78 is 7.12. The number of rotatable bonds is 7. The van der Waals surface area contributed by atoms with Crippen LogP contribution in [0.4, 0.5) is 5.69 Å². The van der Waals surface area contributed by atoms with Crippen molar-refractivity contribution in [1.82, 2.24) is 9.88 Å². The number of hydrogen-bond donors (Lipinski definition) is 0.